The van der Waals surface area contributed by atoms with Gasteiger partial charge in [0.2, 0.25) is 0 Å². The van der Waals surface area contributed by atoms with Crippen LogP contribution in [0.4, 0.5) is 18.0 Å². The molecule has 0 bridgehead atoms. The van der Waals surface area contributed by atoms with Crippen LogP contribution in [0.3, 0.4) is 0 Å². The number of nitrogens with zero attached hydrogens (tertiary/aromatic N) is 3. The summed E-state index contributed by atoms with van der Waals surface area (Å²) in [6, 6.07) is 0. The first kappa shape index (κ1) is 25.9. The average Bonchev–Trinajstić information content (AvgIpc) is 3.43. The number of rotatable bonds is 7. The van der Waals surface area contributed by atoms with Gasteiger partial charge in [-0.2, -0.15) is 13.2 Å². The molecular formula is C21H27F3N4O5S. The minimum Gasteiger partial charge on any atom is -0.444 e. The maximum atomic E-state index is 13.8. The number of alkyl halides is 3. The fourth-order valence-electron chi connectivity index (χ4n) is 3.55. The molecule has 1 aliphatic carbocycles. The fraction of sp³-hybridized carbons (Fsp3) is 0.619. The van der Waals surface area contributed by atoms with Crippen LogP contribution in [0.5, 0.6) is 0 Å². The first-order valence-electron chi connectivity index (χ1n) is 10.6. The van der Waals surface area contributed by atoms with E-state index in [1.807, 2.05) is 0 Å². The van der Waals surface area contributed by atoms with E-state index in [1.54, 1.807) is 27.7 Å². The Hall–Kier alpha value is -2.67. The normalized spacial score (nSPS) is 15.8. The van der Waals surface area contributed by atoms with Gasteiger partial charge in [-0.1, -0.05) is 0 Å². The number of halogens is 3. The number of carbonyl (C=O) groups excluding carboxylic acids is 1. The molecule has 13 heteroatoms. The minimum absolute atomic E-state index is 0.0171. The average molecular weight is 505 g/mol. The summed E-state index contributed by atoms with van der Waals surface area (Å²) in [5, 5.41) is 2.50. The first-order valence-corrected chi connectivity index (χ1v) is 11.4. The number of amides is 1. The van der Waals surface area contributed by atoms with Gasteiger partial charge in [0.15, 0.2) is 0 Å². The third-order valence-corrected chi connectivity index (χ3v) is 6.62. The number of carbonyl (C=O) groups is 1. The van der Waals surface area contributed by atoms with Gasteiger partial charge in [-0.05, 0) is 46.1 Å². The van der Waals surface area contributed by atoms with Crippen LogP contribution < -0.4 is 16.6 Å². The number of aromatic nitrogens is 2. The van der Waals surface area contributed by atoms with E-state index in [0.29, 0.717) is 15.0 Å². The number of methoxy groups -OCH3 is 1. The summed E-state index contributed by atoms with van der Waals surface area (Å²) in [5.41, 5.74) is -4.73. The lowest BCUT2D eigenvalue weighted by molar-refractivity contribution is -0.181. The Morgan fingerprint density at radius 3 is 2.44 bits per heavy atom. The Labute approximate surface area is 197 Å². The van der Waals surface area contributed by atoms with Gasteiger partial charge in [-0.25, -0.2) is 14.2 Å². The summed E-state index contributed by atoms with van der Waals surface area (Å²) < 4.78 is 53.1. The molecule has 188 valence electrons. The molecule has 3 rings (SSSR count). The molecule has 2 heterocycles. The monoisotopic (exact) mass is 504 g/mol. The molecule has 1 aliphatic rings. The van der Waals surface area contributed by atoms with Gasteiger partial charge in [0.05, 0.1) is 23.4 Å². The number of thiophene rings is 1. The van der Waals surface area contributed by atoms with E-state index in [1.165, 1.54) is 13.3 Å². The molecule has 1 fully saturated rings. The van der Waals surface area contributed by atoms with Crippen molar-refractivity contribution in [3.05, 3.63) is 31.3 Å². The largest absolute Gasteiger partial charge is 0.444 e. The SMILES string of the molecule is COCCn1c(=O)n(C2(C(F)(F)F)CC2)c(=O)c2c(C)c(/C=N/CNC(=O)OC(C)(C)C)sc21. The van der Waals surface area contributed by atoms with E-state index in [9.17, 15) is 27.6 Å². The van der Waals surface area contributed by atoms with Crippen molar-refractivity contribution in [2.45, 2.75) is 64.4 Å². The van der Waals surface area contributed by atoms with Crippen LogP contribution in [0.1, 0.15) is 44.1 Å². The number of aliphatic imine (C=N–C) groups is 1. The van der Waals surface area contributed by atoms with Crippen molar-refractivity contribution in [1.82, 2.24) is 14.5 Å². The van der Waals surface area contributed by atoms with Gasteiger partial charge in [0, 0.05) is 13.3 Å². The van der Waals surface area contributed by atoms with Crippen LogP contribution >= 0.6 is 11.3 Å². The second-order valence-corrected chi connectivity index (χ2v) is 10.0. The minimum atomic E-state index is -4.73. The molecule has 0 spiro atoms. The Bertz CT molecular complexity index is 1230. The Kier molecular flexibility index (Phi) is 7.00. The summed E-state index contributed by atoms with van der Waals surface area (Å²) in [6.07, 6.45) is -4.63. The molecule has 0 unspecified atom stereocenters. The quantitative estimate of drug-likeness (QED) is 0.584. The fourth-order valence-corrected chi connectivity index (χ4v) is 4.76. The number of hydrogen-bond donors (Lipinski definition) is 1. The van der Waals surface area contributed by atoms with Gasteiger partial charge in [0.1, 0.15) is 22.6 Å². The van der Waals surface area contributed by atoms with E-state index in [4.69, 9.17) is 9.47 Å². The third-order valence-electron chi connectivity index (χ3n) is 5.37. The van der Waals surface area contributed by atoms with Gasteiger partial charge < -0.3 is 14.8 Å². The molecule has 1 saturated carbocycles. The number of fused-ring (bicyclic) bond motifs is 1. The van der Waals surface area contributed by atoms with Crippen LogP contribution in [0, 0.1) is 6.92 Å². The number of ether oxygens (including phenoxy) is 2. The van der Waals surface area contributed by atoms with Gasteiger partial charge >= 0.3 is 18.0 Å². The van der Waals surface area contributed by atoms with Gasteiger partial charge in [0.25, 0.3) is 5.56 Å². The third kappa shape index (κ3) is 4.90. The van der Waals surface area contributed by atoms with Crippen molar-refractivity contribution in [2.75, 3.05) is 20.4 Å². The highest BCUT2D eigenvalue weighted by atomic mass is 32.1. The first-order chi connectivity index (χ1) is 15.7. The summed E-state index contributed by atoms with van der Waals surface area (Å²) in [4.78, 5) is 42.9. The van der Waals surface area contributed by atoms with Gasteiger partial charge in [-0.3, -0.25) is 14.4 Å². The zero-order valence-electron chi connectivity index (χ0n) is 19.5. The Morgan fingerprint density at radius 2 is 1.91 bits per heavy atom. The highest BCUT2D eigenvalue weighted by Crippen LogP contribution is 2.54. The van der Waals surface area contributed by atoms with E-state index in [2.05, 4.69) is 10.3 Å². The zero-order chi connectivity index (χ0) is 25.5. The van der Waals surface area contributed by atoms with Gasteiger partial charge in [-0.15, -0.1) is 11.3 Å². The number of hydrogen-bond acceptors (Lipinski definition) is 7. The lowest BCUT2D eigenvalue weighted by Crippen LogP contribution is -2.51. The predicted molar refractivity (Wildman–Crippen MR) is 122 cm³/mol. The Balaban J connectivity index is 2.04. The van der Waals surface area contributed by atoms with Crippen molar-refractivity contribution in [2.24, 2.45) is 4.99 Å². The Morgan fingerprint density at radius 1 is 1.26 bits per heavy atom. The van der Waals surface area contributed by atoms with E-state index < -0.39 is 34.7 Å². The van der Waals surface area contributed by atoms with Crippen LogP contribution in [0.15, 0.2) is 14.6 Å². The molecule has 0 aromatic carbocycles. The molecule has 2 aromatic rings. The van der Waals surface area contributed by atoms with Crippen LogP contribution in [0.25, 0.3) is 10.2 Å². The lowest BCUT2D eigenvalue weighted by Gasteiger charge is -2.22. The molecule has 9 nitrogen and oxygen atoms in total. The maximum absolute atomic E-state index is 13.8. The highest BCUT2D eigenvalue weighted by Gasteiger charge is 2.66. The van der Waals surface area contributed by atoms with Crippen LogP contribution in [-0.2, 0) is 21.6 Å². The van der Waals surface area contributed by atoms with E-state index >= 15 is 0 Å². The molecule has 0 saturated heterocycles. The van der Waals surface area contributed by atoms with Crippen molar-refractivity contribution >= 4 is 33.9 Å². The molecule has 1 amide bonds. The van der Waals surface area contributed by atoms with E-state index in [-0.39, 0.29) is 42.9 Å². The molecule has 0 radical (unpaired) electrons. The van der Waals surface area contributed by atoms with Crippen molar-refractivity contribution in [3.63, 3.8) is 0 Å². The second-order valence-electron chi connectivity index (χ2n) is 9.02. The maximum Gasteiger partial charge on any atom is 0.412 e. The van der Waals surface area contributed by atoms with Crippen molar-refractivity contribution in [1.29, 1.82) is 0 Å². The molecule has 0 aliphatic heterocycles. The highest BCUT2D eigenvalue weighted by molar-refractivity contribution is 7.20. The number of aryl methyl sites for hydroxylation is 1. The summed E-state index contributed by atoms with van der Waals surface area (Å²) >= 11 is 1.06. The molecule has 0 atom stereocenters. The molecule has 34 heavy (non-hydrogen) atoms. The summed E-state index contributed by atoms with van der Waals surface area (Å²) in [5.74, 6) is 0. The number of nitrogens with one attached hydrogen (secondary N) is 1. The predicted octanol–water partition coefficient (Wildman–Crippen LogP) is 3.13. The van der Waals surface area contributed by atoms with E-state index in [0.717, 1.165) is 15.9 Å². The van der Waals surface area contributed by atoms with Crippen LogP contribution in [-0.4, -0.2) is 53.6 Å². The zero-order valence-corrected chi connectivity index (χ0v) is 20.4. The van der Waals surface area contributed by atoms with Crippen molar-refractivity contribution < 1.29 is 27.4 Å². The standard InChI is InChI=1S/C21H27F3N4O5S/c1-12-13(10-25-11-26-17(30)33-19(2,3)4)34-16-14(12)15(29)28(18(31)27(16)8-9-32-5)20(6-7-20)21(22,23)24/h10H,6-9,11H2,1-5H3,(H,26,30)/b25-10+. The topological polar surface area (TPSA) is 104 Å². The molecule has 2 aromatic heterocycles. The van der Waals surface area contributed by atoms with Crippen LogP contribution in [0.2, 0.25) is 0 Å². The molecule has 1 N–H and O–H groups in total. The second kappa shape index (κ2) is 9.17. The summed E-state index contributed by atoms with van der Waals surface area (Å²) in [6.45, 7) is 6.69. The smallest absolute Gasteiger partial charge is 0.412 e. The molecular weight excluding hydrogens is 477 g/mol. The number of alkyl carbamates (subject to hydrolysis) is 1. The lowest BCUT2D eigenvalue weighted by atomic mass is 10.2. The summed E-state index contributed by atoms with van der Waals surface area (Å²) in [7, 11) is 1.41. The van der Waals surface area contributed by atoms with Crippen molar-refractivity contribution in [3.8, 4) is 0 Å².